The molecule has 0 radical (unpaired) electrons. The molecule has 0 fully saturated rings. The topological polar surface area (TPSA) is 65.0 Å². The molecular formula is C49H29N3O2. The highest BCUT2D eigenvalue weighted by Crippen LogP contribution is 2.40. The first-order valence-corrected chi connectivity index (χ1v) is 18.0. The first kappa shape index (κ1) is 30.3. The van der Waals surface area contributed by atoms with Crippen molar-refractivity contribution in [1.82, 2.24) is 15.0 Å². The molecule has 0 atom stereocenters. The minimum Gasteiger partial charge on any atom is -0.456 e. The lowest BCUT2D eigenvalue weighted by molar-refractivity contribution is 0.668. The lowest BCUT2D eigenvalue weighted by Gasteiger charge is -2.10. The van der Waals surface area contributed by atoms with Gasteiger partial charge in [-0.25, -0.2) is 15.0 Å². The quantitative estimate of drug-likeness (QED) is 0.180. The smallest absolute Gasteiger partial charge is 0.164 e. The summed E-state index contributed by atoms with van der Waals surface area (Å²) >= 11 is 0. The molecule has 3 aromatic heterocycles. The van der Waals surface area contributed by atoms with E-state index in [2.05, 4.69) is 103 Å². The van der Waals surface area contributed by atoms with Crippen LogP contribution >= 0.6 is 0 Å². The lowest BCUT2D eigenvalue weighted by Crippen LogP contribution is -2.00. The van der Waals surface area contributed by atoms with Gasteiger partial charge in [0.15, 0.2) is 17.5 Å². The summed E-state index contributed by atoms with van der Waals surface area (Å²) in [5.74, 6) is 1.75. The third kappa shape index (κ3) is 4.98. The van der Waals surface area contributed by atoms with Crippen molar-refractivity contribution >= 4 is 54.6 Å². The van der Waals surface area contributed by atoms with E-state index in [0.717, 1.165) is 71.7 Å². The Morgan fingerprint density at radius 3 is 1.54 bits per heavy atom. The van der Waals surface area contributed by atoms with Gasteiger partial charge in [-0.05, 0) is 69.4 Å². The Kier molecular flexibility index (Phi) is 6.79. The molecule has 0 saturated carbocycles. The van der Waals surface area contributed by atoms with Gasteiger partial charge in [0.1, 0.15) is 22.3 Å². The minimum absolute atomic E-state index is 0.574. The number of hydrogen-bond acceptors (Lipinski definition) is 5. The van der Waals surface area contributed by atoms with Gasteiger partial charge in [-0.1, -0.05) is 140 Å². The van der Waals surface area contributed by atoms with Crippen molar-refractivity contribution in [3.05, 3.63) is 176 Å². The molecule has 5 nitrogen and oxygen atoms in total. The van der Waals surface area contributed by atoms with E-state index in [1.807, 2.05) is 72.8 Å². The van der Waals surface area contributed by atoms with E-state index < -0.39 is 0 Å². The van der Waals surface area contributed by atoms with Gasteiger partial charge in [-0.15, -0.1) is 0 Å². The maximum atomic E-state index is 6.55. The van der Waals surface area contributed by atoms with Crippen molar-refractivity contribution in [3.8, 4) is 56.4 Å². The van der Waals surface area contributed by atoms with Crippen LogP contribution < -0.4 is 0 Å². The predicted molar refractivity (Wildman–Crippen MR) is 219 cm³/mol. The molecule has 54 heavy (non-hydrogen) atoms. The fourth-order valence-corrected chi connectivity index (χ4v) is 7.71. The number of fused-ring (bicyclic) bond motifs is 7. The molecule has 0 unspecified atom stereocenters. The van der Waals surface area contributed by atoms with Crippen LogP contribution in [0.5, 0.6) is 0 Å². The summed E-state index contributed by atoms with van der Waals surface area (Å²) in [5.41, 5.74) is 10.5. The van der Waals surface area contributed by atoms with Gasteiger partial charge in [-0.3, -0.25) is 0 Å². The van der Waals surface area contributed by atoms with Crippen LogP contribution in [-0.4, -0.2) is 15.0 Å². The van der Waals surface area contributed by atoms with Crippen molar-refractivity contribution in [2.45, 2.75) is 0 Å². The number of benzene rings is 8. The first-order chi connectivity index (χ1) is 26.7. The number of para-hydroxylation sites is 1. The molecule has 0 N–H and O–H groups in total. The van der Waals surface area contributed by atoms with Crippen LogP contribution in [0.25, 0.3) is 111 Å². The highest BCUT2D eigenvalue weighted by Gasteiger charge is 2.20. The number of hydrogen-bond donors (Lipinski definition) is 0. The summed E-state index contributed by atoms with van der Waals surface area (Å²) in [5, 5.41) is 6.45. The Morgan fingerprint density at radius 2 is 0.815 bits per heavy atom. The summed E-state index contributed by atoms with van der Waals surface area (Å²) in [6, 6.07) is 60.5. The predicted octanol–water partition coefficient (Wildman–Crippen LogP) is 13.2. The van der Waals surface area contributed by atoms with Gasteiger partial charge in [0.2, 0.25) is 0 Å². The van der Waals surface area contributed by atoms with Crippen LogP contribution in [0.4, 0.5) is 0 Å². The second-order valence-electron chi connectivity index (χ2n) is 13.6. The van der Waals surface area contributed by atoms with Gasteiger partial charge in [-0.2, -0.15) is 0 Å². The zero-order chi connectivity index (χ0) is 35.6. The van der Waals surface area contributed by atoms with Crippen molar-refractivity contribution in [3.63, 3.8) is 0 Å². The largest absolute Gasteiger partial charge is 0.456 e. The van der Waals surface area contributed by atoms with Crippen molar-refractivity contribution in [2.24, 2.45) is 0 Å². The van der Waals surface area contributed by atoms with E-state index in [0.29, 0.717) is 17.5 Å². The Balaban J connectivity index is 1.03. The second-order valence-corrected chi connectivity index (χ2v) is 13.6. The molecule has 11 aromatic rings. The fourth-order valence-electron chi connectivity index (χ4n) is 7.71. The van der Waals surface area contributed by atoms with Crippen LogP contribution in [0.3, 0.4) is 0 Å². The summed E-state index contributed by atoms with van der Waals surface area (Å²) < 4.78 is 12.8. The van der Waals surface area contributed by atoms with Gasteiger partial charge in [0, 0.05) is 38.2 Å². The Labute approximate surface area is 309 Å². The average Bonchev–Trinajstić information content (AvgIpc) is 3.82. The third-order valence-corrected chi connectivity index (χ3v) is 10.3. The van der Waals surface area contributed by atoms with E-state index in [1.165, 1.54) is 21.9 Å². The molecule has 8 aromatic carbocycles. The highest BCUT2D eigenvalue weighted by atomic mass is 16.3. The van der Waals surface area contributed by atoms with Crippen LogP contribution in [0.1, 0.15) is 0 Å². The number of rotatable bonds is 5. The zero-order valence-corrected chi connectivity index (χ0v) is 28.9. The standard InChI is InChI=1S/C49H29N3O2/c1-2-11-33(12-3-1)47-50-48(39-15-8-18-42-45(39)37-14-6-7-17-41(37)53-42)52-49(51-47)40-16-9-19-43-46(40)38-27-26-36(29-44(38)54-43)32-22-20-31(21-23-32)35-25-24-30-10-4-5-13-34(30)28-35/h1-29H. The van der Waals surface area contributed by atoms with Gasteiger partial charge in [0.05, 0.1) is 0 Å². The normalized spacial score (nSPS) is 11.7. The van der Waals surface area contributed by atoms with E-state index in [4.69, 9.17) is 23.8 Å². The van der Waals surface area contributed by atoms with Crippen molar-refractivity contribution in [1.29, 1.82) is 0 Å². The fraction of sp³-hybridized carbons (Fsp3) is 0. The summed E-state index contributed by atoms with van der Waals surface area (Å²) in [4.78, 5) is 15.3. The lowest BCUT2D eigenvalue weighted by atomic mass is 9.97. The average molecular weight is 692 g/mol. The SMILES string of the molecule is c1ccc(-c2nc(-c3cccc4oc5ccccc5c34)nc(-c3cccc4oc5cc(-c6ccc(-c7ccc8ccccc8c7)cc6)ccc5c34)n2)cc1. The first-order valence-electron chi connectivity index (χ1n) is 18.0. The Bertz CT molecular complexity index is 3210. The maximum absolute atomic E-state index is 6.55. The number of furan rings is 2. The van der Waals surface area contributed by atoms with E-state index in [-0.39, 0.29) is 0 Å². The van der Waals surface area contributed by atoms with E-state index >= 15 is 0 Å². The van der Waals surface area contributed by atoms with Crippen LogP contribution in [-0.2, 0) is 0 Å². The maximum Gasteiger partial charge on any atom is 0.164 e. The summed E-state index contributed by atoms with van der Waals surface area (Å²) in [7, 11) is 0. The van der Waals surface area contributed by atoms with Crippen LogP contribution in [0.2, 0.25) is 0 Å². The van der Waals surface area contributed by atoms with E-state index in [9.17, 15) is 0 Å². The van der Waals surface area contributed by atoms with Gasteiger partial charge >= 0.3 is 0 Å². The molecular weight excluding hydrogens is 663 g/mol. The Morgan fingerprint density at radius 1 is 0.296 bits per heavy atom. The Hall–Kier alpha value is -7.37. The van der Waals surface area contributed by atoms with E-state index in [1.54, 1.807) is 0 Å². The zero-order valence-electron chi connectivity index (χ0n) is 28.9. The van der Waals surface area contributed by atoms with Crippen LogP contribution in [0, 0.1) is 0 Å². The van der Waals surface area contributed by atoms with Gasteiger partial charge in [0.25, 0.3) is 0 Å². The second kappa shape index (κ2) is 12.1. The number of aromatic nitrogens is 3. The van der Waals surface area contributed by atoms with Crippen molar-refractivity contribution in [2.75, 3.05) is 0 Å². The molecule has 5 heteroatoms. The van der Waals surface area contributed by atoms with Gasteiger partial charge < -0.3 is 8.83 Å². The molecule has 252 valence electrons. The molecule has 0 spiro atoms. The molecule has 0 aliphatic carbocycles. The number of nitrogens with zero attached hydrogens (tertiary/aromatic N) is 3. The third-order valence-electron chi connectivity index (χ3n) is 10.3. The molecule has 0 amide bonds. The summed E-state index contributed by atoms with van der Waals surface area (Å²) in [6.07, 6.45) is 0. The monoisotopic (exact) mass is 691 g/mol. The summed E-state index contributed by atoms with van der Waals surface area (Å²) in [6.45, 7) is 0. The molecule has 0 saturated heterocycles. The molecule has 0 bridgehead atoms. The minimum atomic E-state index is 0.574. The van der Waals surface area contributed by atoms with Crippen molar-refractivity contribution < 1.29 is 8.83 Å². The molecule has 3 heterocycles. The highest BCUT2D eigenvalue weighted by molar-refractivity contribution is 6.13. The molecule has 0 aliphatic rings. The molecule has 11 rings (SSSR count). The molecule has 0 aliphatic heterocycles. The van der Waals surface area contributed by atoms with Crippen LogP contribution in [0.15, 0.2) is 185 Å².